The number of aliphatic carboxylic acids is 1. The number of carboxylic acid groups (broad SMARTS) is 1. The van der Waals surface area contributed by atoms with Crippen molar-refractivity contribution in [2.75, 3.05) is 28.9 Å². The van der Waals surface area contributed by atoms with Crippen molar-refractivity contribution < 1.29 is 36.2 Å². The van der Waals surface area contributed by atoms with Gasteiger partial charge in [-0.1, -0.05) is 51.0 Å². The van der Waals surface area contributed by atoms with Crippen molar-refractivity contribution in [2.45, 2.75) is 71.6 Å². The molecule has 11 heteroatoms. The number of anilines is 1. The number of methoxy groups -OCH3 is 1. The zero-order valence-corrected chi connectivity index (χ0v) is 25.9. The van der Waals surface area contributed by atoms with E-state index in [-0.39, 0.29) is 30.0 Å². The van der Waals surface area contributed by atoms with Gasteiger partial charge in [-0.05, 0) is 80.0 Å². The van der Waals surface area contributed by atoms with Crippen molar-refractivity contribution in [3.05, 3.63) is 59.7 Å². The van der Waals surface area contributed by atoms with Crippen LogP contribution in [0.25, 0.3) is 6.08 Å². The maximum atomic E-state index is 13.2. The van der Waals surface area contributed by atoms with Crippen molar-refractivity contribution in [3.63, 3.8) is 0 Å². The molecule has 0 aliphatic heterocycles. The number of unbranched alkanes of at least 4 members (excludes halogenated alkanes) is 4. The van der Waals surface area contributed by atoms with Gasteiger partial charge >= 0.3 is 5.97 Å². The molecule has 0 heterocycles. The average Bonchev–Trinajstić information content (AvgIpc) is 2.94. The van der Waals surface area contributed by atoms with Gasteiger partial charge in [0.25, 0.3) is 0 Å². The second-order valence-corrected chi connectivity index (χ2v) is 13.8. The summed E-state index contributed by atoms with van der Waals surface area (Å²) in [5, 5.41) is 9.25. The maximum absolute atomic E-state index is 13.2. The van der Waals surface area contributed by atoms with E-state index in [9.17, 15) is 26.7 Å². The predicted molar refractivity (Wildman–Crippen MR) is 164 cm³/mol. The third-order valence-electron chi connectivity index (χ3n) is 6.33. The van der Waals surface area contributed by atoms with Crippen LogP contribution in [0.5, 0.6) is 11.5 Å². The van der Waals surface area contributed by atoms with Crippen LogP contribution in [-0.2, 0) is 31.3 Å². The molecule has 2 aromatic carbocycles. The molecule has 41 heavy (non-hydrogen) atoms. The summed E-state index contributed by atoms with van der Waals surface area (Å²) in [6, 6.07) is 12.2. The Kier molecular flexibility index (Phi) is 14.2. The average molecular weight is 610 g/mol. The lowest BCUT2D eigenvalue weighted by molar-refractivity contribution is -0.136. The van der Waals surface area contributed by atoms with Gasteiger partial charge < -0.3 is 14.6 Å². The van der Waals surface area contributed by atoms with Gasteiger partial charge in [0.2, 0.25) is 20.0 Å². The molecule has 0 saturated heterocycles. The SMILES string of the molecule is CCCCS(=O)(=O)N(c1ccc(OCCCC/C=C/c2ccc(OC)cc2)c(CCC(=O)O)c1)S(=O)(=O)CCCC. The summed E-state index contributed by atoms with van der Waals surface area (Å²) in [4.78, 5) is 11.3. The van der Waals surface area contributed by atoms with Gasteiger partial charge in [-0.2, -0.15) is 3.71 Å². The summed E-state index contributed by atoms with van der Waals surface area (Å²) in [6.45, 7) is 4.04. The molecular formula is C30H43NO8S2. The number of ether oxygens (including phenoxy) is 2. The van der Waals surface area contributed by atoms with Gasteiger partial charge in [0.1, 0.15) is 11.5 Å². The first kappa shape index (κ1) is 34.2. The van der Waals surface area contributed by atoms with E-state index < -0.39 is 26.0 Å². The quantitative estimate of drug-likeness (QED) is 0.180. The van der Waals surface area contributed by atoms with Gasteiger partial charge in [-0.25, -0.2) is 16.8 Å². The molecule has 2 aromatic rings. The van der Waals surface area contributed by atoms with Gasteiger partial charge in [0.05, 0.1) is 30.9 Å². The minimum atomic E-state index is -4.16. The van der Waals surface area contributed by atoms with Crippen LogP contribution in [0.15, 0.2) is 48.5 Å². The van der Waals surface area contributed by atoms with Crippen LogP contribution in [0, 0.1) is 0 Å². The van der Waals surface area contributed by atoms with Crippen molar-refractivity contribution in [2.24, 2.45) is 0 Å². The number of sulfonamides is 2. The third kappa shape index (κ3) is 11.4. The van der Waals surface area contributed by atoms with Crippen molar-refractivity contribution in [1.29, 1.82) is 0 Å². The second-order valence-electron chi connectivity index (χ2n) is 9.74. The zero-order valence-electron chi connectivity index (χ0n) is 24.3. The highest BCUT2D eigenvalue weighted by Gasteiger charge is 2.34. The summed E-state index contributed by atoms with van der Waals surface area (Å²) in [6.07, 6.45) is 8.28. The summed E-state index contributed by atoms with van der Waals surface area (Å²) >= 11 is 0. The van der Waals surface area contributed by atoms with E-state index in [0.29, 0.717) is 47.3 Å². The maximum Gasteiger partial charge on any atom is 0.303 e. The molecular weight excluding hydrogens is 566 g/mol. The number of aryl methyl sites for hydroxylation is 1. The van der Waals surface area contributed by atoms with Crippen molar-refractivity contribution in [3.8, 4) is 11.5 Å². The number of hydrogen-bond acceptors (Lipinski definition) is 7. The molecule has 2 rings (SSSR count). The summed E-state index contributed by atoms with van der Waals surface area (Å²) in [5.41, 5.74) is 1.51. The number of nitrogens with zero attached hydrogens (tertiary/aromatic N) is 1. The Balaban J connectivity index is 2.16. The minimum Gasteiger partial charge on any atom is -0.497 e. The third-order valence-corrected chi connectivity index (χ3v) is 10.7. The Hall–Kier alpha value is -3.05. The van der Waals surface area contributed by atoms with E-state index in [0.717, 1.165) is 30.6 Å². The van der Waals surface area contributed by atoms with E-state index in [2.05, 4.69) is 6.08 Å². The number of carbonyl (C=O) groups is 1. The highest BCUT2D eigenvalue weighted by molar-refractivity contribution is 8.10. The second kappa shape index (κ2) is 17.0. The molecule has 0 spiro atoms. The molecule has 0 saturated carbocycles. The summed E-state index contributed by atoms with van der Waals surface area (Å²) < 4.78 is 64.4. The predicted octanol–water partition coefficient (Wildman–Crippen LogP) is 6.04. The van der Waals surface area contributed by atoms with Crippen LogP contribution in [0.3, 0.4) is 0 Å². The normalized spacial score (nSPS) is 12.0. The Morgan fingerprint density at radius 2 is 1.54 bits per heavy atom. The lowest BCUT2D eigenvalue weighted by Crippen LogP contribution is -2.40. The van der Waals surface area contributed by atoms with E-state index in [4.69, 9.17) is 9.47 Å². The first-order valence-corrected chi connectivity index (χ1v) is 17.3. The van der Waals surface area contributed by atoms with E-state index in [1.807, 2.05) is 44.2 Å². The Morgan fingerprint density at radius 1 is 0.902 bits per heavy atom. The molecule has 0 atom stereocenters. The Bertz CT molecular complexity index is 1300. The van der Waals surface area contributed by atoms with E-state index >= 15 is 0 Å². The lowest BCUT2D eigenvalue weighted by Gasteiger charge is -2.25. The topological polar surface area (TPSA) is 127 Å². The molecule has 1 N–H and O–H groups in total. The van der Waals surface area contributed by atoms with Gasteiger partial charge in [0, 0.05) is 6.42 Å². The van der Waals surface area contributed by atoms with Crippen LogP contribution in [0.2, 0.25) is 0 Å². The smallest absolute Gasteiger partial charge is 0.303 e. The van der Waals surface area contributed by atoms with E-state index in [1.165, 1.54) is 18.2 Å². The molecule has 0 fully saturated rings. The fourth-order valence-electron chi connectivity index (χ4n) is 4.05. The first-order chi connectivity index (χ1) is 19.5. The van der Waals surface area contributed by atoms with Crippen molar-refractivity contribution >= 4 is 37.8 Å². The largest absolute Gasteiger partial charge is 0.497 e. The van der Waals surface area contributed by atoms with Crippen LogP contribution >= 0.6 is 0 Å². The van der Waals surface area contributed by atoms with Crippen molar-refractivity contribution in [1.82, 2.24) is 0 Å². The highest BCUT2D eigenvalue weighted by atomic mass is 32.3. The van der Waals surface area contributed by atoms with Gasteiger partial charge in [0.15, 0.2) is 0 Å². The Labute approximate surface area is 245 Å². The van der Waals surface area contributed by atoms with Crippen LogP contribution in [0.4, 0.5) is 5.69 Å². The number of allylic oxidation sites excluding steroid dienone is 1. The van der Waals surface area contributed by atoms with Crippen LogP contribution in [0.1, 0.15) is 76.3 Å². The van der Waals surface area contributed by atoms with Gasteiger partial charge in [-0.15, -0.1) is 0 Å². The molecule has 0 aliphatic carbocycles. The molecule has 9 nitrogen and oxygen atoms in total. The number of benzene rings is 2. The zero-order chi connectivity index (χ0) is 30.3. The fourth-order valence-corrected chi connectivity index (χ4v) is 8.39. The minimum absolute atomic E-state index is 0.0198. The summed E-state index contributed by atoms with van der Waals surface area (Å²) in [7, 11) is -6.70. The first-order valence-electron chi connectivity index (χ1n) is 14.1. The number of carboxylic acids is 1. The summed E-state index contributed by atoms with van der Waals surface area (Å²) in [5.74, 6) is -0.401. The fraction of sp³-hybridized carbons (Fsp3) is 0.500. The number of hydrogen-bond donors (Lipinski definition) is 1. The lowest BCUT2D eigenvalue weighted by atomic mass is 10.1. The van der Waals surface area contributed by atoms with Gasteiger partial charge in [-0.3, -0.25) is 4.79 Å². The molecule has 0 amide bonds. The van der Waals surface area contributed by atoms with Crippen LogP contribution in [-0.4, -0.2) is 53.1 Å². The molecule has 0 aliphatic rings. The standard InChI is InChI=1S/C30H43NO8S2/c1-4-6-22-40(34,35)31(41(36,37)23-7-5-2)27-16-19-29(26(24-27)15-20-30(32)33)39-21-11-9-8-10-12-25-13-17-28(38-3)18-14-25/h10,12-14,16-19,24H,4-9,11,15,20-23H2,1-3H3,(H,32,33)/b12-10+. The molecule has 228 valence electrons. The molecule has 0 unspecified atom stereocenters. The molecule has 0 radical (unpaired) electrons. The highest BCUT2D eigenvalue weighted by Crippen LogP contribution is 2.31. The Morgan fingerprint density at radius 3 is 2.10 bits per heavy atom. The molecule has 0 bridgehead atoms. The van der Waals surface area contributed by atoms with E-state index in [1.54, 1.807) is 7.11 Å². The van der Waals surface area contributed by atoms with Crippen LogP contribution < -0.4 is 13.2 Å². The molecule has 0 aromatic heterocycles. The number of rotatable bonds is 20. The monoisotopic (exact) mass is 609 g/mol.